The lowest BCUT2D eigenvalue weighted by Gasteiger charge is -2.26. The Morgan fingerprint density at radius 2 is 2.05 bits per heavy atom. The highest BCUT2D eigenvalue weighted by molar-refractivity contribution is 4.99. The number of hydrogen-bond donors (Lipinski definition) is 1. The first-order chi connectivity index (χ1) is 9.36. The van der Waals surface area contributed by atoms with Crippen LogP contribution in [0.25, 0.3) is 0 Å². The van der Waals surface area contributed by atoms with Crippen molar-refractivity contribution < 1.29 is 4.74 Å². The van der Waals surface area contributed by atoms with Gasteiger partial charge in [0.1, 0.15) is 0 Å². The third kappa shape index (κ3) is 3.72. The fourth-order valence-corrected chi connectivity index (χ4v) is 4.36. The lowest BCUT2D eigenvalue weighted by Crippen LogP contribution is -2.36. The molecule has 3 rings (SSSR count). The van der Waals surface area contributed by atoms with Gasteiger partial charge in [-0.05, 0) is 82.1 Å². The van der Waals surface area contributed by atoms with E-state index in [1.807, 2.05) is 0 Å². The largest absolute Gasteiger partial charge is 0.378 e. The highest BCUT2D eigenvalue weighted by Gasteiger charge is 2.47. The summed E-state index contributed by atoms with van der Waals surface area (Å²) < 4.78 is 5.75. The lowest BCUT2D eigenvalue weighted by molar-refractivity contribution is 0.100. The molecule has 2 saturated carbocycles. The minimum absolute atomic E-state index is 0.587. The van der Waals surface area contributed by atoms with Crippen LogP contribution in [0, 0.1) is 17.8 Å². The quantitative estimate of drug-likeness (QED) is 0.721. The Morgan fingerprint density at radius 1 is 1.21 bits per heavy atom. The summed E-state index contributed by atoms with van der Waals surface area (Å²) in [5, 5.41) is 3.84. The zero-order valence-electron chi connectivity index (χ0n) is 12.6. The van der Waals surface area contributed by atoms with Gasteiger partial charge in [0.25, 0.3) is 0 Å². The molecule has 0 aromatic carbocycles. The van der Waals surface area contributed by atoms with E-state index in [4.69, 9.17) is 4.74 Å². The van der Waals surface area contributed by atoms with E-state index in [1.165, 1.54) is 57.9 Å². The summed E-state index contributed by atoms with van der Waals surface area (Å²) >= 11 is 0. The zero-order chi connectivity index (χ0) is 13.1. The summed E-state index contributed by atoms with van der Waals surface area (Å²) in [6.45, 7) is 4.49. The second-order valence-corrected chi connectivity index (χ2v) is 7.11. The Balaban J connectivity index is 1.39. The lowest BCUT2D eigenvalue weighted by atomic mass is 9.90. The van der Waals surface area contributed by atoms with E-state index in [1.54, 1.807) is 6.42 Å². The molecule has 0 radical (unpaired) electrons. The average molecular weight is 265 g/mol. The third-order valence-electron chi connectivity index (χ3n) is 5.57. The maximum atomic E-state index is 5.75. The van der Waals surface area contributed by atoms with Gasteiger partial charge < -0.3 is 10.1 Å². The monoisotopic (exact) mass is 265 g/mol. The molecule has 0 aromatic rings. The molecule has 4 unspecified atom stereocenters. The number of ether oxygens (including phenoxy) is 1. The van der Waals surface area contributed by atoms with Crippen LogP contribution in [0.4, 0.5) is 0 Å². The molecule has 2 heteroatoms. The minimum atomic E-state index is 0.587. The minimum Gasteiger partial charge on any atom is -0.378 e. The van der Waals surface area contributed by atoms with Crippen LogP contribution >= 0.6 is 0 Å². The Morgan fingerprint density at radius 3 is 2.74 bits per heavy atom. The molecular weight excluding hydrogens is 234 g/mol. The van der Waals surface area contributed by atoms with Crippen molar-refractivity contribution in [3.63, 3.8) is 0 Å². The molecule has 0 spiro atoms. The number of rotatable bonds is 8. The van der Waals surface area contributed by atoms with Crippen molar-refractivity contribution in [2.45, 2.75) is 76.9 Å². The van der Waals surface area contributed by atoms with Crippen LogP contribution < -0.4 is 5.32 Å². The van der Waals surface area contributed by atoms with Crippen LogP contribution in [0.3, 0.4) is 0 Å². The van der Waals surface area contributed by atoms with E-state index >= 15 is 0 Å². The summed E-state index contributed by atoms with van der Waals surface area (Å²) in [6.07, 6.45) is 13.1. The van der Waals surface area contributed by atoms with Gasteiger partial charge >= 0.3 is 0 Å². The molecule has 2 nitrogen and oxygen atoms in total. The van der Waals surface area contributed by atoms with Crippen molar-refractivity contribution in [3.8, 4) is 0 Å². The molecule has 110 valence electrons. The maximum absolute atomic E-state index is 5.75. The van der Waals surface area contributed by atoms with Crippen molar-refractivity contribution in [3.05, 3.63) is 0 Å². The summed E-state index contributed by atoms with van der Waals surface area (Å²) in [7, 11) is 0. The molecule has 4 atom stereocenters. The Hall–Kier alpha value is -0.0800. The molecule has 0 bridgehead atoms. The van der Waals surface area contributed by atoms with E-state index in [0.717, 1.165) is 30.4 Å². The number of fused-ring (bicyclic) bond motifs is 1. The summed E-state index contributed by atoms with van der Waals surface area (Å²) in [4.78, 5) is 0. The van der Waals surface area contributed by atoms with E-state index in [-0.39, 0.29) is 0 Å². The molecule has 3 fully saturated rings. The van der Waals surface area contributed by atoms with Crippen molar-refractivity contribution in [2.24, 2.45) is 17.8 Å². The number of hydrogen-bond acceptors (Lipinski definition) is 2. The van der Waals surface area contributed by atoms with Gasteiger partial charge in [-0.1, -0.05) is 6.92 Å². The summed E-state index contributed by atoms with van der Waals surface area (Å²) in [5.41, 5.74) is 0. The first-order valence-corrected chi connectivity index (χ1v) is 8.71. The topological polar surface area (TPSA) is 21.3 Å². The second-order valence-electron chi connectivity index (χ2n) is 7.11. The van der Waals surface area contributed by atoms with Gasteiger partial charge in [-0.25, -0.2) is 0 Å². The van der Waals surface area contributed by atoms with Gasteiger partial charge in [0.2, 0.25) is 0 Å². The first-order valence-electron chi connectivity index (χ1n) is 8.71. The molecule has 1 saturated heterocycles. The van der Waals surface area contributed by atoms with Crippen molar-refractivity contribution in [1.29, 1.82) is 0 Å². The standard InChI is InChI=1S/C17H31NO/c1-2-8-18-17(15-11-13-10-14(13)12-15)7-3-5-16-6-4-9-19-16/h13-18H,2-12H2,1H3. The summed E-state index contributed by atoms with van der Waals surface area (Å²) in [5.74, 6) is 3.22. The van der Waals surface area contributed by atoms with E-state index < -0.39 is 0 Å². The summed E-state index contributed by atoms with van der Waals surface area (Å²) in [6, 6.07) is 0.800. The molecule has 0 amide bonds. The van der Waals surface area contributed by atoms with Gasteiger partial charge in [0, 0.05) is 12.6 Å². The van der Waals surface area contributed by atoms with Gasteiger partial charge in [-0.2, -0.15) is 0 Å². The normalized spacial score (nSPS) is 38.4. The first kappa shape index (κ1) is 13.9. The van der Waals surface area contributed by atoms with E-state index in [9.17, 15) is 0 Å². The molecule has 0 aromatic heterocycles. The average Bonchev–Trinajstić information content (AvgIpc) is 2.84. The maximum Gasteiger partial charge on any atom is 0.0576 e. The fourth-order valence-electron chi connectivity index (χ4n) is 4.36. The molecular formula is C17H31NO. The van der Waals surface area contributed by atoms with Gasteiger partial charge in [-0.15, -0.1) is 0 Å². The van der Waals surface area contributed by atoms with Gasteiger partial charge in [-0.3, -0.25) is 0 Å². The highest BCUT2D eigenvalue weighted by Crippen LogP contribution is 2.55. The van der Waals surface area contributed by atoms with Crippen molar-refractivity contribution in [1.82, 2.24) is 5.32 Å². The molecule has 1 N–H and O–H groups in total. The second kappa shape index (κ2) is 6.58. The predicted octanol–water partition coefficient (Wildman–Crippen LogP) is 3.75. The SMILES string of the molecule is CCCNC(CCCC1CCCO1)C1CC2CC2C1. The van der Waals surface area contributed by atoms with E-state index in [0.29, 0.717) is 6.10 Å². The molecule has 1 heterocycles. The predicted molar refractivity (Wildman–Crippen MR) is 79.2 cm³/mol. The third-order valence-corrected chi connectivity index (χ3v) is 5.57. The molecule has 19 heavy (non-hydrogen) atoms. The van der Waals surface area contributed by atoms with Crippen LogP contribution in [-0.4, -0.2) is 25.3 Å². The molecule has 1 aliphatic heterocycles. The smallest absolute Gasteiger partial charge is 0.0576 e. The van der Waals surface area contributed by atoms with Crippen molar-refractivity contribution >= 4 is 0 Å². The Kier molecular flexibility index (Phi) is 4.81. The van der Waals surface area contributed by atoms with E-state index in [2.05, 4.69) is 12.2 Å². The number of nitrogens with one attached hydrogen (secondary N) is 1. The molecule has 3 aliphatic rings. The van der Waals surface area contributed by atoms with Crippen LogP contribution in [0.1, 0.15) is 64.7 Å². The zero-order valence-corrected chi connectivity index (χ0v) is 12.6. The Bertz CT molecular complexity index is 264. The van der Waals surface area contributed by atoms with Gasteiger partial charge in [0.05, 0.1) is 6.10 Å². The fraction of sp³-hybridized carbons (Fsp3) is 1.00. The van der Waals surface area contributed by atoms with Crippen LogP contribution in [0.5, 0.6) is 0 Å². The molecule has 2 aliphatic carbocycles. The van der Waals surface area contributed by atoms with Crippen molar-refractivity contribution in [2.75, 3.05) is 13.2 Å². The van der Waals surface area contributed by atoms with Gasteiger partial charge in [0.15, 0.2) is 0 Å². The highest BCUT2D eigenvalue weighted by atomic mass is 16.5. The Labute approximate surface area is 118 Å². The van der Waals surface area contributed by atoms with Crippen LogP contribution in [0.2, 0.25) is 0 Å². The van der Waals surface area contributed by atoms with Crippen LogP contribution in [0.15, 0.2) is 0 Å². The van der Waals surface area contributed by atoms with Crippen LogP contribution in [-0.2, 0) is 4.74 Å².